The van der Waals surface area contributed by atoms with Gasteiger partial charge in [-0.3, -0.25) is 0 Å². The van der Waals surface area contributed by atoms with Crippen LogP contribution in [-0.4, -0.2) is 49.2 Å². The van der Waals surface area contributed by atoms with Crippen molar-refractivity contribution in [3.8, 4) is 0 Å². The van der Waals surface area contributed by atoms with E-state index in [0.29, 0.717) is 25.9 Å². The van der Waals surface area contributed by atoms with E-state index in [2.05, 4.69) is 19.1 Å². The fraction of sp³-hybridized carbons (Fsp3) is 0.875. The molecule has 0 aliphatic carbocycles. The van der Waals surface area contributed by atoms with Crippen LogP contribution in [0.25, 0.3) is 0 Å². The van der Waals surface area contributed by atoms with Gasteiger partial charge in [0.2, 0.25) is 0 Å². The number of aliphatic hydroxyl groups excluding tert-OH is 1. The monoisotopic (exact) mass is 412 g/mol. The van der Waals surface area contributed by atoms with E-state index in [1.165, 1.54) is 57.8 Å². The van der Waals surface area contributed by atoms with Crippen molar-refractivity contribution < 1.29 is 15.0 Å². The summed E-state index contributed by atoms with van der Waals surface area (Å²) in [5.74, 6) is -0.201. The highest BCUT2D eigenvalue weighted by molar-refractivity contribution is 5.66. The van der Waals surface area contributed by atoms with E-state index in [1.807, 2.05) is 11.9 Å². The molecule has 1 atom stereocenters. The first-order valence-electron chi connectivity index (χ1n) is 12.1. The van der Waals surface area contributed by atoms with Crippen molar-refractivity contribution in [3.63, 3.8) is 0 Å². The van der Waals surface area contributed by atoms with Gasteiger partial charge in [-0.2, -0.15) is 0 Å². The third-order valence-corrected chi connectivity index (χ3v) is 5.40. The van der Waals surface area contributed by atoms with Gasteiger partial charge in [-0.15, -0.1) is 0 Å². The molecule has 2 N–H and O–H groups in total. The van der Waals surface area contributed by atoms with Crippen LogP contribution in [0.3, 0.4) is 0 Å². The summed E-state index contributed by atoms with van der Waals surface area (Å²) in [7, 11) is 1.91. The fourth-order valence-corrected chi connectivity index (χ4v) is 3.43. The topological polar surface area (TPSA) is 68.0 Å². The molecule has 0 heterocycles. The van der Waals surface area contributed by atoms with E-state index in [9.17, 15) is 10.0 Å². The Kier molecular flexibility index (Phi) is 21.4. The van der Waals surface area contributed by atoms with Gasteiger partial charge in [0.25, 0.3) is 0 Å². The van der Waals surface area contributed by atoms with E-state index >= 15 is 0 Å². The van der Waals surface area contributed by atoms with Crippen molar-refractivity contribution in [2.24, 2.45) is 0 Å². The molecule has 0 spiro atoms. The second kappa shape index (κ2) is 21.9. The molecule has 172 valence electrons. The highest BCUT2D eigenvalue weighted by Crippen LogP contribution is 2.09. The summed E-state index contributed by atoms with van der Waals surface area (Å²) in [5.41, 5.74) is 0. The number of amides is 1. The molecule has 5 heteroatoms. The molecule has 0 aromatic heterocycles. The highest BCUT2D eigenvalue weighted by atomic mass is 16.5. The molecule has 0 aromatic carbocycles. The smallest absolute Gasteiger partial charge is 0.312 e. The van der Waals surface area contributed by atoms with Crippen LogP contribution in [0.5, 0.6) is 0 Å². The molecular weight excluding hydrogens is 364 g/mol. The lowest BCUT2D eigenvalue weighted by Crippen LogP contribution is -3.10. The van der Waals surface area contributed by atoms with E-state index < -0.39 is 0 Å². The van der Waals surface area contributed by atoms with Crippen LogP contribution in [0.15, 0.2) is 12.2 Å². The molecule has 29 heavy (non-hydrogen) atoms. The van der Waals surface area contributed by atoms with E-state index in [1.54, 1.807) is 0 Å². The Labute approximate surface area is 180 Å². The summed E-state index contributed by atoms with van der Waals surface area (Å²) in [4.78, 5) is 13.8. The SMILES string of the molecule is CCCCCCCC/C=C/CCCCCCCC(=O)[NH+]([O-])CCCN(C)CCO. The normalized spacial score (nSPS) is 12.9. The maximum Gasteiger partial charge on any atom is 0.312 e. The molecule has 1 amide bonds. The maximum atomic E-state index is 11.9. The van der Waals surface area contributed by atoms with Crippen molar-refractivity contribution in [2.45, 2.75) is 103 Å². The number of rotatable bonds is 21. The Morgan fingerprint density at radius 2 is 1.41 bits per heavy atom. The number of aliphatic hydroxyl groups is 1. The number of carbonyl (C=O) groups is 1. The van der Waals surface area contributed by atoms with Gasteiger partial charge in [-0.05, 0) is 39.2 Å². The molecule has 0 saturated heterocycles. The van der Waals surface area contributed by atoms with Gasteiger partial charge in [-0.25, -0.2) is 4.79 Å². The zero-order chi connectivity index (χ0) is 21.6. The van der Waals surface area contributed by atoms with E-state index in [0.717, 1.165) is 32.2 Å². The van der Waals surface area contributed by atoms with Crippen LogP contribution in [0, 0.1) is 5.21 Å². The number of hydrogen-bond acceptors (Lipinski definition) is 4. The summed E-state index contributed by atoms with van der Waals surface area (Å²) in [6.07, 6.45) is 21.8. The van der Waals surface area contributed by atoms with E-state index in [4.69, 9.17) is 5.11 Å². The fourth-order valence-electron chi connectivity index (χ4n) is 3.43. The molecule has 5 nitrogen and oxygen atoms in total. The minimum atomic E-state index is -0.224. The highest BCUT2D eigenvalue weighted by Gasteiger charge is 2.10. The molecule has 0 aromatic rings. The van der Waals surface area contributed by atoms with Crippen molar-refractivity contribution in [2.75, 3.05) is 33.3 Å². The second-order valence-corrected chi connectivity index (χ2v) is 8.31. The minimum absolute atomic E-state index is 0.124. The molecular formula is C24H48N2O3. The van der Waals surface area contributed by atoms with Gasteiger partial charge < -0.3 is 20.3 Å². The number of likely N-dealkylation sites (N-methyl/N-ethyl adjacent to an activating group) is 1. The first-order chi connectivity index (χ1) is 14.1. The Hall–Kier alpha value is -0.750. The molecule has 0 rings (SSSR count). The lowest BCUT2D eigenvalue weighted by Gasteiger charge is -2.21. The third kappa shape index (κ3) is 20.3. The van der Waals surface area contributed by atoms with Crippen molar-refractivity contribution >= 4 is 5.91 Å². The third-order valence-electron chi connectivity index (χ3n) is 5.40. The Morgan fingerprint density at radius 3 is 2.00 bits per heavy atom. The van der Waals surface area contributed by atoms with Crippen molar-refractivity contribution in [1.29, 1.82) is 0 Å². The van der Waals surface area contributed by atoms with Crippen LogP contribution in [0.1, 0.15) is 103 Å². The average molecular weight is 413 g/mol. The average Bonchev–Trinajstić information content (AvgIpc) is 2.70. The Morgan fingerprint density at radius 1 is 0.862 bits per heavy atom. The second-order valence-electron chi connectivity index (χ2n) is 8.31. The molecule has 0 fully saturated rings. The van der Waals surface area contributed by atoms with Gasteiger partial charge in [0.15, 0.2) is 0 Å². The summed E-state index contributed by atoms with van der Waals surface area (Å²) in [6.45, 7) is 4.07. The molecule has 0 saturated carbocycles. The summed E-state index contributed by atoms with van der Waals surface area (Å²) >= 11 is 0. The Balaban J connectivity index is 3.40. The number of nitrogens with zero attached hydrogens (tertiary/aromatic N) is 1. The molecule has 0 aliphatic rings. The summed E-state index contributed by atoms with van der Waals surface area (Å²) in [6, 6.07) is 0. The van der Waals surface area contributed by atoms with Crippen molar-refractivity contribution in [1.82, 2.24) is 4.90 Å². The largest absolute Gasteiger partial charge is 0.627 e. The maximum absolute atomic E-state index is 11.9. The van der Waals surface area contributed by atoms with Gasteiger partial charge in [0.1, 0.15) is 0 Å². The lowest BCUT2D eigenvalue weighted by atomic mass is 10.1. The first kappa shape index (κ1) is 28.2. The predicted molar refractivity (Wildman–Crippen MR) is 123 cm³/mol. The minimum Gasteiger partial charge on any atom is -0.627 e. The summed E-state index contributed by atoms with van der Waals surface area (Å²) in [5, 5.41) is 20.4. The lowest BCUT2D eigenvalue weighted by molar-refractivity contribution is -0.765. The zero-order valence-electron chi connectivity index (χ0n) is 19.3. The van der Waals surface area contributed by atoms with Crippen LogP contribution in [0.4, 0.5) is 0 Å². The van der Waals surface area contributed by atoms with Gasteiger partial charge in [0, 0.05) is 19.5 Å². The van der Waals surface area contributed by atoms with Crippen molar-refractivity contribution in [3.05, 3.63) is 17.4 Å². The van der Waals surface area contributed by atoms with Gasteiger partial charge >= 0.3 is 5.91 Å². The number of nitrogens with one attached hydrogen (secondary N) is 1. The molecule has 1 unspecified atom stereocenters. The molecule has 0 radical (unpaired) electrons. The van der Waals surface area contributed by atoms with Crippen LogP contribution >= 0.6 is 0 Å². The standard InChI is InChI=1S/C24H48N2O3/c1-3-4-5-6-7-8-9-10-11-12-13-14-15-16-17-19-24(28)26(29)21-18-20-25(2)22-23-27/h10-11,26-27H,3-9,12-23H2,1-2H3/b11-10+. The first-order valence-corrected chi connectivity index (χ1v) is 12.1. The predicted octanol–water partition coefficient (Wildman–Crippen LogP) is 4.25. The number of unbranched alkanes of at least 4 members (excludes halogenated alkanes) is 11. The quantitative estimate of drug-likeness (QED) is 0.168. The summed E-state index contributed by atoms with van der Waals surface area (Å²) < 4.78 is 0. The van der Waals surface area contributed by atoms with Crippen LogP contribution in [0.2, 0.25) is 0 Å². The number of hydrogen-bond donors (Lipinski definition) is 2. The number of hydroxylamine groups is 2. The number of quaternary nitrogens is 1. The van der Waals surface area contributed by atoms with Gasteiger partial charge in [-0.1, -0.05) is 70.4 Å². The van der Waals surface area contributed by atoms with Crippen LogP contribution < -0.4 is 5.06 Å². The number of carbonyl (C=O) groups excluding carboxylic acids is 1. The Bertz CT molecular complexity index is 388. The van der Waals surface area contributed by atoms with E-state index in [-0.39, 0.29) is 17.6 Å². The zero-order valence-corrected chi connectivity index (χ0v) is 19.3. The molecule has 0 aliphatic heterocycles. The van der Waals surface area contributed by atoms with Crippen LogP contribution in [-0.2, 0) is 4.79 Å². The van der Waals surface area contributed by atoms with Gasteiger partial charge in [0.05, 0.1) is 19.6 Å². The number of allylic oxidation sites excluding steroid dienone is 2. The molecule has 0 bridgehead atoms.